The van der Waals surface area contributed by atoms with Crippen molar-refractivity contribution in [2.75, 3.05) is 5.73 Å². The van der Waals surface area contributed by atoms with Crippen molar-refractivity contribution in [1.29, 1.82) is 0 Å². The molecule has 0 radical (unpaired) electrons. The lowest BCUT2D eigenvalue weighted by Crippen LogP contribution is -1.98. The third kappa shape index (κ3) is 6.62. The minimum absolute atomic E-state index is 0.567. The van der Waals surface area contributed by atoms with Crippen LogP contribution in [0.25, 0.3) is 55.8 Å². The number of nitrogens with zero attached hydrogens (tertiary/aromatic N) is 3. The zero-order valence-electron chi connectivity index (χ0n) is 26.7. The Morgan fingerprint density at radius 1 is 0.708 bits per heavy atom. The molecule has 2 heterocycles. The molecular formula is C43H35N5. The van der Waals surface area contributed by atoms with Crippen LogP contribution in [0.1, 0.15) is 29.2 Å². The third-order valence-electron chi connectivity index (χ3n) is 8.61. The van der Waals surface area contributed by atoms with Crippen LogP contribution in [0.4, 0.5) is 5.69 Å². The van der Waals surface area contributed by atoms with E-state index in [1.165, 1.54) is 27.5 Å². The van der Waals surface area contributed by atoms with Gasteiger partial charge < -0.3 is 11.5 Å². The van der Waals surface area contributed by atoms with Crippen LogP contribution in [0, 0.1) is 0 Å². The molecule has 0 saturated carbocycles. The van der Waals surface area contributed by atoms with E-state index in [0.29, 0.717) is 11.4 Å². The molecule has 4 N–H and O–H groups in total. The first-order chi connectivity index (χ1) is 23.5. The lowest BCUT2D eigenvalue weighted by atomic mass is 9.99. The Labute approximate surface area is 280 Å². The van der Waals surface area contributed by atoms with E-state index in [1.807, 2.05) is 37.3 Å². The van der Waals surface area contributed by atoms with E-state index in [0.717, 1.165) is 51.0 Å². The van der Waals surface area contributed by atoms with Gasteiger partial charge >= 0.3 is 0 Å². The van der Waals surface area contributed by atoms with Crippen LogP contribution in [0.15, 0.2) is 157 Å². The van der Waals surface area contributed by atoms with E-state index < -0.39 is 0 Å². The van der Waals surface area contributed by atoms with E-state index in [9.17, 15) is 0 Å². The van der Waals surface area contributed by atoms with E-state index in [1.54, 1.807) is 18.6 Å². The molecule has 7 rings (SSSR count). The van der Waals surface area contributed by atoms with Gasteiger partial charge in [-0.25, -0.2) is 4.98 Å². The standard InChI is InChI=1S/C43H35N5/c1-29(47-28-40(44)39-10-5-25-46-27-39)31-15-18-34(19-16-31)41-24-23-36-21-20-35(42(45)43(36)48-41)9-4-6-30-11-13-33(14-12-30)38-22-17-32-7-2-3-8-37(32)26-38/h2-5,7-28H,6,44-45H2,1H3/b9-4-,40-28-,47-29?. The molecule has 5 nitrogen and oxygen atoms in total. The van der Waals surface area contributed by atoms with Gasteiger partial charge in [-0.1, -0.05) is 115 Å². The van der Waals surface area contributed by atoms with E-state index >= 15 is 0 Å². The summed E-state index contributed by atoms with van der Waals surface area (Å²) in [5, 5.41) is 3.52. The van der Waals surface area contributed by atoms with Crippen LogP contribution in [-0.2, 0) is 6.42 Å². The highest BCUT2D eigenvalue weighted by Crippen LogP contribution is 2.29. The number of aromatic nitrogens is 2. The van der Waals surface area contributed by atoms with Crippen molar-refractivity contribution in [3.63, 3.8) is 0 Å². The van der Waals surface area contributed by atoms with Gasteiger partial charge in [-0.05, 0) is 76.2 Å². The molecule has 0 aliphatic rings. The number of benzene rings is 5. The van der Waals surface area contributed by atoms with E-state index in [2.05, 4.69) is 119 Å². The maximum absolute atomic E-state index is 6.68. The number of pyridine rings is 2. The second-order valence-electron chi connectivity index (χ2n) is 11.8. The molecule has 0 atom stereocenters. The van der Waals surface area contributed by atoms with Gasteiger partial charge in [-0.3, -0.25) is 9.98 Å². The third-order valence-corrected chi connectivity index (χ3v) is 8.61. The van der Waals surface area contributed by atoms with Gasteiger partial charge in [0, 0.05) is 34.6 Å². The fourth-order valence-electron chi connectivity index (χ4n) is 5.79. The summed E-state index contributed by atoms with van der Waals surface area (Å²) in [7, 11) is 0. The lowest BCUT2D eigenvalue weighted by molar-refractivity contribution is 1.28. The largest absolute Gasteiger partial charge is 0.397 e. The number of nitrogen functional groups attached to an aromatic ring is 1. The smallest absolute Gasteiger partial charge is 0.0944 e. The quantitative estimate of drug-likeness (QED) is 0.131. The fraction of sp³-hybridized carbons (Fsp3) is 0.0465. The number of fused-ring (bicyclic) bond motifs is 2. The van der Waals surface area contributed by atoms with Gasteiger partial charge in [-0.2, -0.15) is 0 Å². The summed E-state index contributed by atoms with van der Waals surface area (Å²) in [6, 6.07) is 44.1. The molecule has 0 aliphatic carbocycles. The monoisotopic (exact) mass is 621 g/mol. The van der Waals surface area contributed by atoms with Gasteiger partial charge in [0.1, 0.15) is 0 Å². The molecule has 5 aromatic carbocycles. The molecule has 7 aromatic rings. The summed E-state index contributed by atoms with van der Waals surface area (Å²) in [4.78, 5) is 13.7. The Balaban J connectivity index is 1.04. The van der Waals surface area contributed by atoms with Crippen LogP contribution in [-0.4, -0.2) is 15.7 Å². The van der Waals surface area contributed by atoms with E-state index in [-0.39, 0.29) is 0 Å². The van der Waals surface area contributed by atoms with Gasteiger partial charge in [-0.15, -0.1) is 0 Å². The number of allylic oxidation sites excluding steroid dienone is 1. The van der Waals surface area contributed by atoms with Crippen molar-refractivity contribution in [3.05, 3.63) is 174 Å². The van der Waals surface area contributed by atoms with Crippen LogP contribution >= 0.6 is 0 Å². The van der Waals surface area contributed by atoms with Crippen LogP contribution in [0.5, 0.6) is 0 Å². The average Bonchev–Trinajstić information content (AvgIpc) is 3.15. The van der Waals surface area contributed by atoms with Crippen LogP contribution < -0.4 is 11.5 Å². The predicted octanol–water partition coefficient (Wildman–Crippen LogP) is 9.72. The number of hydrogen-bond acceptors (Lipinski definition) is 5. The Bertz CT molecular complexity index is 2320. The summed E-state index contributed by atoms with van der Waals surface area (Å²) in [6.45, 7) is 1.97. The Morgan fingerprint density at radius 2 is 1.44 bits per heavy atom. The molecule has 0 saturated heterocycles. The SMILES string of the molecule is CC(=N/C=C(\N)c1cccnc1)c1ccc(-c2ccc3ccc(/C=C\Cc4ccc(-c5ccc6ccccc6c5)cc4)c(N)c3n2)cc1. The van der Waals surface area contributed by atoms with Gasteiger partial charge in [0.05, 0.1) is 28.8 Å². The molecule has 0 fully saturated rings. The lowest BCUT2D eigenvalue weighted by Gasteiger charge is -2.09. The first kappa shape index (κ1) is 30.3. The van der Waals surface area contributed by atoms with Crippen molar-refractivity contribution < 1.29 is 0 Å². The highest BCUT2D eigenvalue weighted by molar-refractivity contribution is 6.00. The summed E-state index contributed by atoms with van der Waals surface area (Å²) in [5.74, 6) is 0. The van der Waals surface area contributed by atoms with Crippen molar-refractivity contribution >= 4 is 44.8 Å². The maximum Gasteiger partial charge on any atom is 0.0944 e. The second kappa shape index (κ2) is 13.6. The van der Waals surface area contributed by atoms with Crippen molar-refractivity contribution in [2.45, 2.75) is 13.3 Å². The molecule has 48 heavy (non-hydrogen) atoms. The fourth-order valence-corrected chi connectivity index (χ4v) is 5.79. The van der Waals surface area contributed by atoms with Crippen molar-refractivity contribution in [2.24, 2.45) is 10.7 Å². The minimum Gasteiger partial charge on any atom is -0.397 e. The van der Waals surface area contributed by atoms with Gasteiger partial charge in [0.2, 0.25) is 0 Å². The normalized spacial score (nSPS) is 12.3. The molecule has 0 unspecified atom stereocenters. The van der Waals surface area contributed by atoms with Crippen molar-refractivity contribution in [1.82, 2.24) is 9.97 Å². The van der Waals surface area contributed by atoms with E-state index in [4.69, 9.17) is 16.5 Å². The Hall–Kier alpha value is -6.33. The summed E-state index contributed by atoms with van der Waals surface area (Å²) < 4.78 is 0. The molecule has 2 aromatic heterocycles. The number of nitrogens with two attached hydrogens (primary N) is 2. The van der Waals surface area contributed by atoms with Gasteiger partial charge in [0.25, 0.3) is 0 Å². The molecule has 0 aliphatic heterocycles. The average molecular weight is 622 g/mol. The zero-order valence-corrected chi connectivity index (χ0v) is 26.7. The zero-order chi connectivity index (χ0) is 32.9. The predicted molar refractivity (Wildman–Crippen MR) is 202 cm³/mol. The summed E-state index contributed by atoms with van der Waals surface area (Å²) in [5.41, 5.74) is 24.1. The Kier molecular flexibility index (Phi) is 8.58. The van der Waals surface area contributed by atoms with Crippen LogP contribution in [0.2, 0.25) is 0 Å². The minimum atomic E-state index is 0.567. The highest BCUT2D eigenvalue weighted by atomic mass is 14.8. The molecule has 0 bridgehead atoms. The molecule has 5 heteroatoms. The topological polar surface area (TPSA) is 90.2 Å². The number of anilines is 1. The number of aliphatic imine (C=N–C) groups is 1. The van der Waals surface area contributed by atoms with Gasteiger partial charge in [0.15, 0.2) is 0 Å². The maximum atomic E-state index is 6.68. The number of rotatable bonds is 8. The Morgan fingerprint density at radius 3 is 2.23 bits per heavy atom. The number of hydrogen-bond donors (Lipinski definition) is 2. The highest BCUT2D eigenvalue weighted by Gasteiger charge is 2.08. The molecule has 0 amide bonds. The summed E-state index contributed by atoms with van der Waals surface area (Å²) in [6.07, 6.45) is 10.2. The molecule has 232 valence electrons. The van der Waals surface area contributed by atoms with Crippen molar-refractivity contribution in [3.8, 4) is 22.4 Å². The molecule has 0 spiro atoms. The summed E-state index contributed by atoms with van der Waals surface area (Å²) >= 11 is 0. The second-order valence-corrected chi connectivity index (χ2v) is 11.8. The van der Waals surface area contributed by atoms with Crippen LogP contribution in [0.3, 0.4) is 0 Å². The first-order valence-electron chi connectivity index (χ1n) is 16.0. The molecular weight excluding hydrogens is 587 g/mol. The first-order valence-corrected chi connectivity index (χ1v) is 16.0.